The first-order valence-corrected chi connectivity index (χ1v) is 6.84. The van der Waals surface area contributed by atoms with Gasteiger partial charge in [-0.25, -0.2) is 9.59 Å². The largest absolute Gasteiger partial charge is 0.480 e. The highest BCUT2D eigenvalue weighted by atomic mass is 16.4. The van der Waals surface area contributed by atoms with Gasteiger partial charge in [0.25, 0.3) is 0 Å². The summed E-state index contributed by atoms with van der Waals surface area (Å²) in [5, 5.41) is 18.9. The minimum Gasteiger partial charge on any atom is -0.480 e. The Morgan fingerprint density at radius 2 is 2.05 bits per heavy atom. The number of aliphatic hydroxyl groups excluding tert-OH is 1. The lowest BCUT2D eigenvalue weighted by atomic mass is 10.00. The first-order valence-electron chi connectivity index (χ1n) is 6.84. The van der Waals surface area contributed by atoms with Crippen LogP contribution in [0.25, 0.3) is 0 Å². The lowest BCUT2D eigenvalue weighted by molar-refractivity contribution is -0.147. The van der Waals surface area contributed by atoms with Crippen LogP contribution in [0.2, 0.25) is 0 Å². The monoisotopic (exact) mass is 270 g/mol. The fourth-order valence-corrected chi connectivity index (χ4v) is 3.02. The molecule has 0 aromatic heterocycles. The van der Waals surface area contributed by atoms with Crippen LogP contribution in [-0.4, -0.2) is 63.3 Å². The molecule has 2 fully saturated rings. The van der Waals surface area contributed by atoms with Gasteiger partial charge in [-0.05, 0) is 33.1 Å². The molecule has 2 heterocycles. The first kappa shape index (κ1) is 14.1. The fraction of sp³-hybridized carbons (Fsp3) is 0.846. The van der Waals surface area contributed by atoms with Crippen LogP contribution in [0.5, 0.6) is 0 Å². The topological polar surface area (TPSA) is 81.1 Å². The summed E-state index contributed by atoms with van der Waals surface area (Å²) < 4.78 is 0. The predicted molar refractivity (Wildman–Crippen MR) is 68.7 cm³/mol. The van der Waals surface area contributed by atoms with Gasteiger partial charge in [0.05, 0.1) is 6.10 Å². The number of hydrogen-bond donors (Lipinski definition) is 2. The molecular weight excluding hydrogens is 248 g/mol. The highest BCUT2D eigenvalue weighted by Crippen LogP contribution is 2.31. The van der Waals surface area contributed by atoms with E-state index in [9.17, 15) is 19.8 Å². The molecule has 0 aromatic rings. The van der Waals surface area contributed by atoms with Crippen molar-refractivity contribution < 1.29 is 19.8 Å². The molecule has 108 valence electrons. The lowest BCUT2D eigenvalue weighted by Gasteiger charge is -2.34. The molecule has 2 aliphatic rings. The number of amides is 2. The van der Waals surface area contributed by atoms with E-state index in [-0.39, 0.29) is 11.9 Å². The van der Waals surface area contributed by atoms with Gasteiger partial charge >= 0.3 is 12.0 Å². The van der Waals surface area contributed by atoms with Crippen LogP contribution in [0, 0.1) is 5.92 Å². The van der Waals surface area contributed by atoms with Crippen LogP contribution in [0.4, 0.5) is 4.79 Å². The molecule has 0 aliphatic carbocycles. The molecule has 0 spiro atoms. The Morgan fingerprint density at radius 1 is 1.37 bits per heavy atom. The van der Waals surface area contributed by atoms with Crippen molar-refractivity contribution in [2.75, 3.05) is 19.6 Å². The van der Waals surface area contributed by atoms with E-state index in [0.717, 1.165) is 12.8 Å². The van der Waals surface area contributed by atoms with Crippen molar-refractivity contribution in [3.63, 3.8) is 0 Å². The number of carbonyl (C=O) groups excluding carboxylic acids is 1. The zero-order valence-electron chi connectivity index (χ0n) is 11.5. The SMILES string of the molecule is CC(O)C1CCN(C(=O)N2CCCC2(C)C(=O)O)C1. The van der Waals surface area contributed by atoms with Crippen molar-refractivity contribution in [1.82, 2.24) is 9.80 Å². The summed E-state index contributed by atoms with van der Waals surface area (Å²) >= 11 is 0. The summed E-state index contributed by atoms with van der Waals surface area (Å²) in [5.74, 6) is -0.840. The van der Waals surface area contributed by atoms with Gasteiger partial charge in [-0.3, -0.25) is 0 Å². The third-order valence-electron chi connectivity index (χ3n) is 4.51. The van der Waals surface area contributed by atoms with E-state index in [0.29, 0.717) is 26.1 Å². The molecule has 2 saturated heterocycles. The highest BCUT2D eigenvalue weighted by molar-refractivity contribution is 5.86. The van der Waals surface area contributed by atoms with Gasteiger partial charge in [-0.2, -0.15) is 0 Å². The van der Waals surface area contributed by atoms with Crippen LogP contribution >= 0.6 is 0 Å². The second kappa shape index (κ2) is 5.00. The zero-order valence-corrected chi connectivity index (χ0v) is 11.5. The molecular formula is C13H22N2O4. The van der Waals surface area contributed by atoms with E-state index in [1.54, 1.807) is 18.7 Å². The summed E-state index contributed by atoms with van der Waals surface area (Å²) in [7, 11) is 0. The average Bonchev–Trinajstić information content (AvgIpc) is 2.95. The third kappa shape index (κ3) is 2.41. The van der Waals surface area contributed by atoms with Crippen molar-refractivity contribution in [1.29, 1.82) is 0 Å². The molecule has 0 bridgehead atoms. The maximum atomic E-state index is 12.4. The number of rotatable bonds is 2. The molecule has 6 heteroatoms. The molecule has 6 nitrogen and oxygen atoms in total. The number of likely N-dealkylation sites (tertiary alicyclic amines) is 2. The van der Waals surface area contributed by atoms with Crippen LogP contribution in [0.1, 0.15) is 33.1 Å². The molecule has 3 unspecified atom stereocenters. The van der Waals surface area contributed by atoms with Gasteiger partial charge in [-0.15, -0.1) is 0 Å². The summed E-state index contributed by atoms with van der Waals surface area (Å²) in [5.41, 5.74) is -1.08. The van der Waals surface area contributed by atoms with Crippen molar-refractivity contribution in [2.45, 2.75) is 44.8 Å². The number of nitrogens with zero attached hydrogens (tertiary/aromatic N) is 2. The Balaban J connectivity index is 2.06. The lowest BCUT2D eigenvalue weighted by Crippen LogP contribution is -2.54. The molecule has 19 heavy (non-hydrogen) atoms. The van der Waals surface area contributed by atoms with Crippen molar-refractivity contribution in [3.8, 4) is 0 Å². The summed E-state index contributed by atoms with van der Waals surface area (Å²) in [6.45, 7) is 4.96. The van der Waals surface area contributed by atoms with Gasteiger partial charge in [0.15, 0.2) is 0 Å². The average molecular weight is 270 g/mol. The molecule has 0 radical (unpaired) electrons. The summed E-state index contributed by atoms with van der Waals surface area (Å²) in [4.78, 5) is 27.0. The maximum absolute atomic E-state index is 12.4. The molecule has 2 aliphatic heterocycles. The molecule has 0 aromatic carbocycles. The van der Waals surface area contributed by atoms with Gasteiger partial charge in [0.2, 0.25) is 0 Å². The van der Waals surface area contributed by atoms with E-state index in [1.165, 1.54) is 4.90 Å². The zero-order chi connectivity index (χ0) is 14.2. The molecule has 2 N–H and O–H groups in total. The Morgan fingerprint density at radius 3 is 2.58 bits per heavy atom. The maximum Gasteiger partial charge on any atom is 0.329 e. The first-order chi connectivity index (χ1) is 8.86. The Labute approximate surface area is 113 Å². The van der Waals surface area contributed by atoms with Gasteiger partial charge < -0.3 is 20.0 Å². The van der Waals surface area contributed by atoms with Crippen molar-refractivity contribution >= 4 is 12.0 Å². The van der Waals surface area contributed by atoms with Gasteiger partial charge in [0.1, 0.15) is 5.54 Å². The van der Waals surface area contributed by atoms with E-state index in [4.69, 9.17) is 0 Å². The number of urea groups is 1. The number of aliphatic carboxylic acids is 1. The van der Waals surface area contributed by atoms with E-state index in [2.05, 4.69) is 0 Å². The Kier molecular flexibility index (Phi) is 3.71. The van der Waals surface area contributed by atoms with E-state index >= 15 is 0 Å². The predicted octanol–water partition coefficient (Wildman–Crippen LogP) is 0.748. The smallest absolute Gasteiger partial charge is 0.329 e. The Bertz CT molecular complexity index is 385. The van der Waals surface area contributed by atoms with Gasteiger partial charge in [0, 0.05) is 25.6 Å². The van der Waals surface area contributed by atoms with Crippen LogP contribution in [0.3, 0.4) is 0 Å². The quantitative estimate of drug-likeness (QED) is 0.776. The van der Waals surface area contributed by atoms with Crippen LogP contribution in [-0.2, 0) is 4.79 Å². The number of aliphatic hydroxyl groups is 1. The van der Waals surface area contributed by atoms with E-state index in [1.807, 2.05) is 0 Å². The van der Waals surface area contributed by atoms with Crippen molar-refractivity contribution in [3.05, 3.63) is 0 Å². The highest BCUT2D eigenvalue weighted by Gasteiger charge is 2.47. The third-order valence-corrected chi connectivity index (χ3v) is 4.51. The summed E-state index contributed by atoms with van der Waals surface area (Å²) in [6, 6.07) is -0.203. The summed E-state index contributed by atoms with van der Waals surface area (Å²) in [6.07, 6.45) is 1.58. The standard InChI is InChI=1S/C13H22N2O4/c1-9(16)10-4-7-14(8-10)12(19)15-6-3-5-13(15,2)11(17)18/h9-10,16H,3-8H2,1-2H3,(H,17,18). The molecule has 0 saturated carbocycles. The van der Waals surface area contributed by atoms with Gasteiger partial charge in [-0.1, -0.05) is 0 Å². The normalized spacial score (nSPS) is 32.7. The van der Waals surface area contributed by atoms with Crippen LogP contribution < -0.4 is 0 Å². The minimum absolute atomic E-state index is 0.0997. The number of carbonyl (C=O) groups is 2. The molecule has 2 amide bonds. The number of carboxylic acids is 1. The van der Waals surface area contributed by atoms with Crippen LogP contribution in [0.15, 0.2) is 0 Å². The fourth-order valence-electron chi connectivity index (χ4n) is 3.02. The van der Waals surface area contributed by atoms with Crippen molar-refractivity contribution in [2.24, 2.45) is 5.92 Å². The second-order valence-corrected chi connectivity index (χ2v) is 5.85. The minimum atomic E-state index is -1.08. The Hall–Kier alpha value is -1.30. The molecule has 3 atom stereocenters. The molecule has 2 rings (SSSR count). The number of carboxylic acid groups (broad SMARTS) is 1. The van der Waals surface area contributed by atoms with E-state index < -0.39 is 17.6 Å². The second-order valence-electron chi connectivity index (χ2n) is 5.85. The number of hydrogen-bond acceptors (Lipinski definition) is 3.